The lowest BCUT2D eigenvalue weighted by Crippen LogP contribution is -2.37. The molecule has 2 amide bonds. The van der Waals surface area contributed by atoms with Crippen molar-refractivity contribution in [2.24, 2.45) is 0 Å². The Morgan fingerprint density at radius 2 is 1.79 bits per heavy atom. The van der Waals surface area contributed by atoms with Crippen molar-refractivity contribution < 1.29 is 9.59 Å². The van der Waals surface area contributed by atoms with Crippen molar-refractivity contribution in [1.29, 1.82) is 0 Å². The minimum absolute atomic E-state index is 0.105. The number of carbonyl (C=O) groups is 2. The third kappa shape index (κ3) is 3.98. The molecule has 0 aromatic carbocycles. The maximum absolute atomic E-state index is 12.4. The SMILES string of the molecule is O=C(CCc1ccncc1)N1CCCN(C(=O)c2ncc[nH]2)CC1. The Bertz CT molecular complexity index is 672. The van der Waals surface area contributed by atoms with Crippen LogP contribution in [0.1, 0.15) is 29.0 Å². The second-order valence-corrected chi connectivity index (χ2v) is 5.82. The summed E-state index contributed by atoms with van der Waals surface area (Å²) in [5, 5.41) is 0. The fraction of sp³-hybridized carbons (Fsp3) is 0.412. The average molecular weight is 327 g/mol. The van der Waals surface area contributed by atoms with Crippen LogP contribution >= 0.6 is 0 Å². The number of hydrogen-bond donors (Lipinski definition) is 1. The maximum Gasteiger partial charge on any atom is 0.289 e. The molecule has 1 N–H and O–H groups in total. The van der Waals surface area contributed by atoms with Gasteiger partial charge in [0.15, 0.2) is 5.82 Å². The van der Waals surface area contributed by atoms with Crippen LogP contribution in [0.5, 0.6) is 0 Å². The number of amides is 2. The van der Waals surface area contributed by atoms with Crippen LogP contribution in [0.2, 0.25) is 0 Å². The topological polar surface area (TPSA) is 82.2 Å². The highest BCUT2D eigenvalue weighted by atomic mass is 16.2. The first-order valence-electron chi connectivity index (χ1n) is 8.19. The van der Waals surface area contributed by atoms with Crippen LogP contribution in [-0.4, -0.2) is 62.7 Å². The van der Waals surface area contributed by atoms with E-state index in [4.69, 9.17) is 0 Å². The minimum atomic E-state index is -0.105. The third-order valence-electron chi connectivity index (χ3n) is 4.21. The molecule has 0 aliphatic carbocycles. The van der Waals surface area contributed by atoms with Gasteiger partial charge in [0.2, 0.25) is 5.91 Å². The molecule has 0 saturated carbocycles. The van der Waals surface area contributed by atoms with Gasteiger partial charge in [0.05, 0.1) is 0 Å². The van der Waals surface area contributed by atoms with E-state index in [1.54, 1.807) is 29.7 Å². The largest absolute Gasteiger partial charge is 0.341 e. The van der Waals surface area contributed by atoms with Gasteiger partial charge in [0.25, 0.3) is 5.91 Å². The number of hydrogen-bond acceptors (Lipinski definition) is 4. The molecule has 1 fully saturated rings. The number of rotatable bonds is 4. The smallest absolute Gasteiger partial charge is 0.289 e. The first-order valence-corrected chi connectivity index (χ1v) is 8.19. The minimum Gasteiger partial charge on any atom is -0.341 e. The Hall–Kier alpha value is -2.70. The monoisotopic (exact) mass is 327 g/mol. The molecule has 3 rings (SSSR count). The van der Waals surface area contributed by atoms with Gasteiger partial charge in [-0.1, -0.05) is 0 Å². The van der Waals surface area contributed by atoms with E-state index < -0.39 is 0 Å². The molecular weight excluding hydrogens is 306 g/mol. The number of H-pyrrole nitrogens is 1. The van der Waals surface area contributed by atoms with Crippen molar-refractivity contribution in [2.75, 3.05) is 26.2 Å². The fourth-order valence-electron chi connectivity index (χ4n) is 2.86. The Kier molecular flexibility index (Phi) is 5.20. The van der Waals surface area contributed by atoms with E-state index in [1.807, 2.05) is 17.0 Å². The van der Waals surface area contributed by atoms with E-state index in [1.165, 1.54) is 0 Å². The molecule has 0 bridgehead atoms. The highest BCUT2D eigenvalue weighted by Crippen LogP contribution is 2.09. The van der Waals surface area contributed by atoms with Gasteiger partial charge in [0.1, 0.15) is 0 Å². The number of imidazole rings is 1. The molecule has 0 atom stereocenters. The fourth-order valence-corrected chi connectivity index (χ4v) is 2.86. The van der Waals surface area contributed by atoms with Gasteiger partial charge < -0.3 is 14.8 Å². The number of aromatic amines is 1. The lowest BCUT2D eigenvalue weighted by molar-refractivity contribution is -0.131. The molecule has 0 unspecified atom stereocenters. The highest BCUT2D eigenvalue weighted by Gasteiger charge is 2.23. The zero-order valence-corrected chi connectivity index (χ0v) is 13.5. The zero-order valence-electron chi connectivity index (χ0n) is 13.5. The highest BCUT2D eigenvalue weighted by molar-refractivity contribution is 5.90. The van der Waals surface area contributed by atoms with Gasteiger partial charge >= 0.3 is 0 Å². The molecule has 1 saturated heterocycles. The maximum atomic E-state index is 12.4. The standard InChI is InChI=1S/C17H21N5O2/c23-15(3-2-14-4-6-18-7-5-14)21-10-1-11-22(13-12-21)17(24)16-19-8-9-20-16/h4-9H,1-3,10-13H2,(H,19,20). The summed E-state index contributed by atoms with van der Waals surface area (Å²) < 4.78 is 0. The lowest BCUT2D eigenvalue weighted by Gasteiger charge is -2.21. The summed E-state index contributed by atoms with van der Waals surface area (Å²) in [6.45, 7) is 2.45. The van der Waals surface area contributed by atoms with Gasteiger partial charge in [-0.05, 0) is 30.5 Å². The van der Waals surface area contributed by atoms with Crippen molar-refractivity contribution in [3.8, 4) is 0 Å². The zero-order chi connectivity index (χ0) is 16.8. The molecule has 24 heavy (non-hydrogen) atoms. The summed E-state index contributed by atoms with van der Waals surface area (Å²) in [4.78, 5) is 39.2. The van der Waals surface area contributed by atoms with Gasteiger partial charge in [-0.25, -0.2) is 4.98 Å². The Labute approximate surface area is 140 Å². The summed E-state index contributed by atoms with van der Waals surface area (Å²) >= 11 is 0. The number of nitrogens with zero attached hydrogens (tertiary/aromatic N) is 4. The normalized spacial score (nSPS) is 15.2. The Morgan fingerprint density at radius 3 is 2.54 bits per heavy atom. The summed E-state index contributed by atoms with van der Waals surface area (Å²) in [5.74, 6) is 0.387. The van der Waals surface area contributed by atoms with Crippen molar-refractivity contribution >= 4 is 11.8 Å². The molecule has 7 heteroatoms. The summed E-state index contributed by atoms with van der Waals surface area (Å²) in [5.41, 5.74) is 1.11. The van der Waals surface area contributed by atoms with E-state index >= 15 is 0 Å². The van der Waals surface area contributed by atoms with E-state index in [2.05, 4.69) is 15.0 Å². The van der Waals surface area contributed by atoms with Gasteiger partial charge in [-0.2, -0.15) is 0 Å². The van der Waals surface area contributed by atoms with Crippen LogP contribution in [0.4, 0.5) is 0 Å². The quantitative estimate of drug-likeness (QED) is 0.912. The number of carbonyl (C=O) groups excluding carboxylic acids is 2. The molecule has 0 spiro atoms. The average Bonchev–Trinajstić information content (AvgIpc) is 3.04. The van der Waals surface area contributed by atoms with Crippen molar-refractivity contribution in [1.82, 2.24) is 24.8 Å². The predicted octanol–water partition coefficient (Wildman–Crippen LogP) is 1.11. The Balaban J connectivity index is 1.51. The Morgan fingerprint density at radius 1 is 1.04 bits per heavy atom. The third-order valence-corrected chi connectivity index (χ3v) is 4.21. The predicted molar refractivity (Wildman–Crippen MR) is 88.2 cm³/mol. The van der Waals surface area contributed by atoms with Crippen LogP contribution in [-0.2, 0) is 11.2 Å². The molecule has 3 heterocycles. The van der Waals surface area contributed by atoms with Crippen LogP contribution < -0.4 is 0 Å². The number of aromatic nitrogens is 3. The van der Waals surface area contributed by atoms with Gasteiger partial charge in [-0.3, -0.25) is 14.6 Å². The van der Waals surface area contributed by atoms with Crippen molar-refractivity contribution in [3.63, 3.8) is 0 Å². The molecular formula is C17H21N5O2. The molecule has 7 nitrogen and oxygen atoms in total. The number of nitrogens with one attached hydrogen (secondary N) is 1. The molecule has 2 aromatic rings. The second kappa shape index (κ2) is 7.72. The van der Waals surface area contributed by atoms with Crippen LogP contribution in [0.3, 0.4) is 0 Å². The van der Waals surface area contributed by atoms with E-state index in [-0.39, 0.29) is 11.8 Å². The van der Waals surface area contributed by atoms with Gasteiger partial charge in [-0.15, -0.1) is 0 Å². The molecule has 2 aromatic heterocycles. The first-order chi connectivity index (χ1) is 11.7. The molecule has 1 aliphatic rings. The second-order valence-electron chi connectivity index (χ2n) is 5.82. The van der Waals surface area contributed by atoms with Crippen LogP contribution in [0, 0.1) is 0 Å². The summed E-state index contributed by atoms with van der Waals surface area (Å²) in [6, 6.07) is 3.86. The lowest BCUT2D eigenvalue weighted by atomic mass is 10.1. The molecule has 126 valence electrons. The van der Waals surface area contributed by atoms with E-state index in [0.29, 0.717) is 44.8 Å². The van der Waals surface area contributed by atoms with E-state index in [0.717, 1.165) is 12.0 Å². The molecule has 0 radical (unpaired) electrons. The number of aryl methyl sites for hydroxylation is 1. The summed E-state index contributed by atoms with van der Waals surface area (Å²) in [6.07, 6.45) is 8.67. The van der Waals surface area contributed by atoms with Crippen molar-refractivity contribution in [2.45, 2.75) is 19.3 Å². The number of pyridine rings is 1. The molecule has 1 aliphatic heterocycles. The van der Waals surface area contributed by atoms with Gasteiger partial charge in [0, 0.05) is 57.4 Å². The van der Waals surface area contributed by atoms with E-state index in [9.17, 15) is 9.59 Å². The first kappa shape index (κ1) is 16.2. The van der Waals surface area contributed by atoms with Crippen LogP contribution in [0.15, 0.2) is 36.9 Å². The van der Waals surface area contributed by atoms with Crippen molar-refractivity contribution in [3.05, 3.63) is 48.3 Å². The van der Waals surface area contributed by atoms with Crippen LogP contribution in [0.25, 0.3) is 0 Å². The summed E-state index contributed by atoms with van der Waals surface area (Å²) in [7, 11) is 0.